The summed E-state index contributed by atoms with van der Waals surface area (Å²) in [6.45, 7) is 10.2. The van der Waals surface area contributed by atoms with Gasteiger partial charge >= 0.3 is 0 Å². The van der Waals surface area contributed by atoms with E-state index >= 15 is 0 Å². The van der Waals surface area contributed by atoms with Gasteiger partial charge in [-0.1, -0.05) is 6.92 Å². The fourth-order valence-corrected chi connectivity index (χ4v) is 4.32. The molecule has 1 aromatic carbocycles. The van der Waals surface area contributed by atoms with E-state index in [0.717, 1.165) is 77.3 Å². The first-order chi connectivity index (χ1) is 14.2. The maximum absolute atomic E-state index is 12.7. The van der Waals surface area contributed by atoms with Crippen LogP contribution < -0.4 is 10.9 Å². The summed E-state index contributed by atoms with van der Waals surface area (Å²) in [5.74, 6) is 0.747. The highest BCUT2D eigenvalue weighted by Gasteiger charge is 2.17. The number of hydrogen-bond acceptors (Lipinski definition) is 5. The molecule has 2 aromatic rings. The van der Waals surface area contributed by atoms with Crippen LogP contribution in [0.3, 0.4) is 0 Å². The fraction of sp³-hybridized carbons (Fsp3) is 0.591. The van der Waals surface area contributed by atoms with Crippen molar-refractivity contribution in [2.24, 2.45) is 0 Å². The van der Waals surface area contributed by atoms with Crippen LogP contribution in [0.4, 0.5) is 0 Å². The number of likely N-dealkylation sites (N-methyl/N-ethyl adjacent to an activating group) is 1. The van der Waals surface area contributed by atoms with Gasteiger partial charge < -0.3 is 15.1 Å². The minimum Gasteiger partial charge on any atom is -0.352 e. The zero-order chi connectivity index (χ0) is 20.2. The molecule has 0 aliphatic carbocycles. The van der Waals surface area contributed by atoms with E-state index in [1.54, 1.807) is 22.8 Å². The van der Waals surface area contributed by atoms with Crippen molar-refractivity contribution in [1.82, 2.24) is 24.7 Å². The summed E-state index contributed by atoms with van der Waals surface area (Å²) in [5, 5.41) is 3.61. The predicted molar refractivity (Wildman–Crippen MR) is 114 cm³/mol. The van der Waals surface area contributed by atoms with Gasteiger partial charge in [-0.15, -0.1) is 0 Å². The highest BCUT2D eigenvalue weighted by atomic mass is 16.1. The molecule has 0 radical (unpaired) electrons. The summed E-state index contributed by atoms with van der Waals surface area (Å²) in [4.78, 5) is 34.8. The molecule has 2 aliphatic heterocycles. The van der Waals surface area contributed by atoms with Crippen LogP contribution in [0.2, 0.25) is 0 Å². The van der Waals surface area contributed by atoms with Gasteiger partial charge in [-0.2, -0.15) is 0 Å². The second-order valence-electron chi connectivity index (χ2n) is 8.06. The van der Waals surface area contributed by atoms with Crippen LogP contribution in [0.1, 0.15) is 42.4 Å². The number of nitrogens with zero attached hydrogens (tertiary/aromatic N) is 4. The number of nitrogens with one attached hydrogen (secondary N) is 1. The van der Waals surface area contributed by atoms with E-state index in [9.17, 15) is 9.59 Å². The number of aryl methyl sites for hydroxylation is 1. The Hall–Kier alpha value is -2.25. The number of hydrogen-bond donors (Lipinski definition) is 1. The third-order valence-corrected chi connectivity index (χ3v) is 6.18. The third-order valence-electron chi connectivity index (χ3n) is 6.18. The first-order valence-electron chi connectivity index (χ1n) is 10.9. The molecule has 156 valence electrons. The van der Waals surface area contributed by atoms with Crippen molar-refractivity contribution >= 4 is 16.8 Å². The lowest BCUT2D eigenvalue weighted by Crippen LogP contribution is -2.46. The molecule has 7 heteroatoms. The lowest BCUT2D eigenvalue weighted by atomic mass is 10.1. The lowest BCUT2D eigenvalue weighted by Gasteiger charge is -2.33. The van der Waals surface area contributed by atoms with Crippen molar-refractivity contribution in [2.45, 2.75) is 39.2 Å². The molecule has 1 amide bonds. The number of aromatic nitrogens is 2. The van der Waals surface area contributed by atoms with Gasteiger partial charge in [0.05, 0.1) is 10.9 Å². The maximum atomic E-state index is 12.7. The number of amides is 1. The Morgan fingerprint density at radius 3 is 2.69 bits per heavy atom. The number of carbonyl (C=O) groups excluding carboxylic acids is 1. The second-order valence-corrected chi connectivity index (χ2v) is 8.06. The van der Waals surface area contributed by atoms with Crippen LogP contribution in [0.15, 0.2) is 23.0 Å². The Morgan fingerprint density at radius 2 is 1.90 bits per heavy atom. The quantitative estimate of drug-likeness (QED) is 0.748. The molecule has 4 rings (SSSR count). The average Bonchev–Trinajstić information content (AvgIpc) is 2.77. The summed E-state index contributed by atoms with van der Waals surface area (Å²) in [7, 11) is 0. The number of rotatable bonds is 6. The van der Waals surface area contributed by atoms with Crippen LogP contribution in [-0.4, -0.2) is 71.1 Å². The first-order valence-corrected chi connectivity index (χ1v) is 10.9. The van der Waals surface area contributed by atoms with Crippen LogP contribution in [0.5, 0.6) is 0 Å². The Balaban J connectivity index is 1.33. The molecule has 3 heterocycles. The molecule has 1 saturated heterocycles. The molecular formula is C22H31N5O2. The summed E-state index contributed by atoms with van der Waals surface area (Å²) < 4.78 is 1.78. The smallest absolute Gasteiger partial charge is 0.261 e. The monoisotopic (exact) mass is 397 g/mol. The summed E-state index contributed by atoms with van der Waals surface area (Å²) in [5.41, 5.74) is 1.21. The molecule has 0 spiro atoms. The Bertz CT molecular complexity index is 931. The number of benzene rings is 1. The molecule has 29 heavy (non-hydrogen) atoms. The fourth-order valence-electron chi connectivity index (χ4n) is 4.32. The summed E-state index contributed by atoms with van der Waals surface area (Å²) in [6, 6.07) is 5.24. The summed E-state index contributed by atoms with van der Waals surface area (Å²) >= 11 is 0. The number of piperazine rings is 1. The normalized spacial score (nSPS) is 18.0. The van der Waals surface area contributed by atoms with E-state index in [1.165, 1.54) is 0 Å². The van der Waals surface area contributed by atoms with Gasteiger partial charge in [0, 0.05) is 51.3 Å². The third kappa shape index (κ3) is 4.51. The van der Waals surface area contributed by atoms with Crippen molar-refractivity contribution in [1.29, 1.82) is 0 Å². The summed E-state index contributed by atoms with van der Waals surface area (Å²) in [6.07, 6.45) is 3.85. The molecule has 1 aromatic heterocycles. The van der Waals surface area contributed by atoms with Crippen LogP contribution in [0.25, 0.3) is 10.9 Å². The molecule has 0 unspecified atom stereocenters. The van der Waals surface area contributed by atoms with Crippen LogP contribution in [0, 0.1) is 0 Å². The minimum atomic E-state index is -0.0951. The Morgan fingerprint density at radius 1 is 1.10 bits per heavy atom. The molecule has 7 nitrogen and oxygen atoms in total. The van der Waals surface area contributed by atoms with E-state index < -0.39 is 0 Å². The highest BCUT2D eigenvalue weighted by molar-refractivity contribution is 5.97. The van der Waals surface area contributed by atoms with Crippen LogP contribution >= 0.6 is 0 Å². The molecule has 0 saturated carbocycles. The molecule has 1 N–H and O–H groups in total. The number of carbonyl (C=O) groups is 1. The largest absolute Gasteiger partial charge is 0.352 e. The molecule has 0 bridgehead atoms. The standard InChI is InChI=1S/C22H31N5O2/c1-2-25-12-14-26(15-13-25)10-5-9-23-21(28)17-7-8-18-19(16-17)24-20-6-3-4-11-27(20)22(18)29/h7-8,16H,2-6,9-15H2,1H3,(H,23,28). The lowest BCUT2D eigenvalue weighted by molar-refractivity contribution is 0.0948. The van der Waals surface area contributed by atoms with Crippen LogP contribution in [-0.2, 0) is 13.0 Å². The van der Waals surface area contributed by atoms with Crippen molar-refractivity contribution in [3.63, 3.8) is 0 Å². The van der Waals surface area contributed by atoms with Gasteiger partial charge in [-0.05, 0) is 50.6 Å². The van der Waals surface area contributed by atoms with Gasteiger partial charge in [0.1, 0.15) is 5.82 Å². The van der Waals surface area contributed by atoms with Gasteiger partial charge in [0.2, 0.25) is 0 Å². The van der Waals surface area contributed by atoms with Crippen molar-refractivity contribution in [3.8, 4) is 0 Å². The Kier molecular flexibility index (Phi) is 6.25. The molecule has 0 atom stereocenters. The van der Waals surface area contributed by atoms with E-state index in [-0.39, 0.29) is 11.5 Å². The first kappa shape index (κ1) is 20.0. The van der Waals surface area contributed by atoms with Crippen molar-refractivity contribution in [3.05, 3.63) is 39.9 Å². The zero-order valence-electron chi connectivity index (χ0n) is 17.3. The van der Waals surface area contributed by atoms with E-state index in [1.807, 2.05) is 0 Å². The van der Waals surface area contributed by atoms with Crippen molar-refractivity contribution < 1.29 is 4.79 Å². The number of fused-ring (bicyclic) bond motifs is 2. The van der Waals surface area contributed by atoms with Gasteiger partial charge in [-0.3, -0.25) is 14.2 Å². The Labute approximate surface area is 171 Å². The van der Waals surface area contributed by atoms with Gasteiger partial charge in [0.25, 0.3) is 11.5 Å². The second kappa shape index (κ2) is 9.05. The molecule has 1 fully saturated rings. The minimum absolute atomic E-state index is 0.0137. The van der Waals surface area contributed by atoms with Gasteiger partial charge in [0.15, 0.2) is 0 Å². The van der Waals surface area contributed by atoms with E-state index in [4.69, 9.17) is 0 Å². The zero-order valence-corrected chi connectivity index (χ0v) is 17.3. The van der Waals surface area contributed by atoms with E-state index in [2.05, 4.69) is 27.0 Å². The molecule has 2 aliphatic rings. The topological polar surface area (TPSA) is 70.5 Å². The average molecular weight is 398 g/mol. The van der Waals surface area contributed by atoms with Crippen molar-refractivity contribution in [2.75, 3.05) is 45.8 Å². The van der Waals surface area contributed by atoms with E-state index in [0.29, 0.717) is 23.0 Å². The highest BCUT2D eigenvalue weighted by Crippen LogP contribution is 2.16. The SMILES string of the molecule is CCN1CCN(CCCNC(=O)c2ccc3c(=O)n4c(nc3c2)CCCC4)CC1. The maximum Gasteiger partial charge on any atom is 0.261 e. The van der Waals surface area contributed by atoms with Gasteiger partial charge in [-0.25, -0.2) is 4.98 Å². The predicted octanol–water partition coefficient (Wildman–Crippen LogP) is 1.49. The molecular weight excluding hydrogens is 366 g/mol.